The zero-order chi connectivity index (χ0) is 16.3. The SMILES string of the molecule is CCNCc1cc(S(=O)(=O)N(C)C(C)(C)CC)ccc1C. The predicted octanol–water partition coefficient (Wildman–Crippen LogP) is 2.91. The first-order chi connectivity index (χ1) is 9.66. The highest BCUT2D eigenvalue weighted by Crippen LogP contribution is 2.26. The molecule has 0 aliphatic carbocycles. The summed E-state index contributed by atoms with van der Waals surface area (Å²) in [7, 11) is -1.81. The zero-order valence-corrected chi connectivity index (χ0v) is 14.8. The van der Waals surface area contributed by atoms with Crippen LogP contribution in [0.4, 0.5) is 0 Å². The Morgan fingerprint density at radius 3 is 2.38 bits per heavy atom. The molecule has 1 aromatic carbocycles. The molecule has 0 atom stereocenters. The van der Waals surface area contributed by atoms with E-state index in [1.165, 1.54) is 4.31 Å². The highest BCUT2D eigenvalue weighted by molar-refractivity contribution is 7.89. The third kappa shape index (κ3) is 4.05. The molecular formula is C16H28N2O2S. The summed E-state index contributed by atoms with van der Waals surface area (Å²) < 4.78 is 27.0. The van der Waals surface area contributed by atoms with Gasteiger partial charge in [-0.3, -0.25) is 0 Å². The number of nitrogens with one attached hydrogen (secondary N) is 1. The summed E-state index contributed by atoms with van der Waals surface area (Å²) in [4.78, 5) is 0.366. The molecule has 0 saturated carbocycles. The molecule has 0 aliphatic heterocycles. The first-order valence-corrected chi connectivity index (χ1v) is 8.90. The lowest BCUT2D eigenvalue weighted by atomic mass is 10.0. The lowest BCUT2D eigenvalue weighted by Gasteiger charge is -2.33. The van der Waals surface area contributed by atoms with Crippen LogP contribution in [0.1, 0.15) is 45.2 Å². The second-order valence-electron chi connectivity index (χ2n) is 6.01. The molecule has 0 radical (unpaired) electrons. The second kappa shape index (κ2) is 6.90. The van der Waals surface area contributed by atoms with Crippen molar-refractivity contribution in [1.82, 2.24) is 9.62 Å². The molecule has 5 heteroatoms. The number of benzene rings is 1. The second-order valence-corrected chi connectivity index (χ2v) is 7.98. The van der Waals surface area contributed by atoms with E-state index in [-0.39, 0.29) is 0 Å². The van der Waals surface area contributed by atoms with Gasteiger partial charge >= 0.3 is 0 Å². The minimum absolute atomic E-state index is 0.366. The van der Waals surface area contributed by atoms with Crippen LogP contribution in [0.25, 0.3) is 0 Å². The molecule has 120 valence electrons. The number of aryl methyl sites for hydroxylation is 1. The third-order valence-electron chi connectivity index (χ3n) is 4.26. The van der Waals surface area contributed by atoms with Gasteiger partial charge in [-0.15, -0.1) is 0 Å². The Labute approximate surface area is 129 Å². The summed E-state index contributed by atoms with van der Waals surface area (Å²) in [6, 6.07) is 5.37. The largest absolute Gasteiger partial charge is 0.313 e. The molecule has 0 spiro atoms. The van der Waals surface area contributed by atoms with Gasteiger partial charge in [-0.05, 0) is 57.0 Å². The molecule has 0 unspecified atom stereocenters. The summed E-state index contributed by atoms with van der Waals surface area (Å²) in [5, 5.41) is 3.25. The minimum Gasteiger partial charge on any atom is -0.313 e. The van der Waals surface area contributed by atoms with E-state index in [0.29, 0.717) is 11.4 Å². The van der Waals surface area contributed by atoms with Crippen molar-refractivity contribution in [2.45, 2.75) is 58.0 Å². The van der Waals surface area contributed by atoms with Crippen molar-refractivity contribution in [2.75, 3.05) is 13.6 Å². The normalized spacial score (nSPS) is 12.9. The maximum absolute atomic E-state index is 12.8. The predicted molar refractivity (Wildman–Crippen MR) is 87.9 cm³/mol. The highest BCUT2D eigenvalue weighted by Gasteiger charge is 2.32. The van der Waals surface area contributed by atoms with Crippen LogP contribution in [-0.4, -0.2) is 31.9 Å². The Hall–Kier alpha value is -0.910. The van der Waals surface area contributed by atoms with Crippen molar-refractivity contribution in [3.05, 3.63) is 29.3 Å². The number of hydrogen-bond acceptors (Lipinski definition) is 3. The summed E-state index contributed by atoms with van der Waals surface area (Å²) in [5.74, 6) is 0. The molecule has 0 amide bonds. The van der Waals surface area contributed by atoms with Crippen LogP contribution >= 0.6 is 0 Å². The van der Waals surface area contributed by atoms with E-state index in [0.717, 1.165) is 24.1 Å². The van der Waals surface area contributed by atoms with Gasteiger partial charge in [0.2, 0.25) is 10.0 Å². The lowest BCUT2D eigenvalue weighted by Crippen LogP contribution is -2.44. The fraction of sp³-hybridized carbons (Fsp3) is 0.625. The molecule has 1 rings (SSSR count). The van der Waals surface area contributed by atoms with Crippen molar-refractivity contribution in [3.63, 3.8) is 0 Å². The standard InChI is InChI=1S/C16H28N2O2S/c1-7-16(4,5)18(6)21(19,20)15-10-9-13(3)14(11-15)12-17-8-2/h9-11,17H,7-8,12H2,1-6H3. The molecule has 0 fully saturated rings. The average Bonchev–Trinajstić information content (AvgIpc) is 2.45. The summed E-state index contributed by atoms with van der Waals surface area (Å²) in [6.45, 7) is 11.5. The summed E-state index contributed by atoms with van der Waals surface area (Å²) >= 11 is 0. The number of nitrogens with zero attached hydrogens (tertiary/aromatic N) is 1. The molecule has 4 nitrogen and oxygen atoms in total. The van der Waals surface area contributed by atoms with E-state index in [2.05, 4.69) is 5.32 Å². The van der Waals surface area contributed by atoms with Crippen LogP contribution in [0, 0.1) is 6.92 Å². The van der Waals surface area contributed by atoms with E-state index < -0.39 is 15.6 Å². The lowest BCUT2D eigenvalue weighted by molar-refractivity contribution is 0.257. The number of hydrogen-bond donors (Lipinski definition) is 1. The van der Waals surface area contributed by atoms with Gasteiger partial charge in [-0.2, -0.15) is 4.31 Å². The monoisotopic (exact) mass is 312 g/mol. The van der Waals surface area contributed by atoms with Crippen LogP contribution in [0.3, 0.4) is 0 Å². The van der Waals surface area contributed by atoms with Gasteiger partial charge in [0.15, 0.2) is 0 Å². The van der Waals surface area contributed by atoms with E-state index in [1.807, 2.05) is 40.7 Å². The van der Waals surface area contributed by atoms with Gasteiger partial charge in [-0.25, -0.2) is 8.42 Å². The van der Waals surface area contributed by atoms with Gasteiger partial charge in [0.1, 0.15) is 0 Å². The van der Waals surface area contributed by atoms with Crippen LogP contribution in [0.15, 0.2) is 23.1 Å². The molecule has 0 bridgehead atoms. The summed E-state index contributed by atoms with van der Waals surface area (Å²) in [5.41, 5.74) is 1.74. The van der Waals surface area contributed by atoms with E-state index >= 15 is 0 Å². The minimum atomic E-state index is -3.47. The van der Waals surface area contributed by atoms with E-state index in [4.69, 9.17) is 0 Å². The highest BCUT2D eigenvalue weighted by atomic mass is 32.2. The summed E-state index contributed by atoms with van der Waals surface area (Å²) in [6.07, 6.45) is 0.763. The fourth-order valence-electron chi connectivity index (χ4n) is 1.96. The molecular weight excluding hydrogens is 284 g/mol. The van der Waals surface area contributed by atoms with E-state index in [9.17, 15) is 8.42 Å². The van der Waals surface area contributed by atoms with E-state index in [1.54, 1.807) is 19.2 Å². The molecule has 21 heavy (non-hydrogen) atoms. The Morgan fingerprint density at radius 1 is 1.24 bits per heavy atom. The molecule has 1 N–H and O–H groups in total. The molecule has 1 aromatic rings. The Kier molecular flexibility index (Phi) is 5.96. The maximum atomic E-state index is 12.8. The Bertz CT molecular complexity index is 580. The molecule has 0 aliphatic rings. The van der Waals surface area contributed by atoms with Gasteiger partial charge in [-0.1, -0.05) is 19.9 Å². The van der Waals surface area contributed by atoms with Crippen LogP contribution in [0.2, 0.25) is 0 Å². The van der Waals surface area contributed by atoms with Gasteiger partial charge in [0, 0.05) is 19.1 Å². The first-order valence-electron chi connectivity index (χ1n) is 7.46. The topological polar surface area (TPSA) is 49.4 Å². The fourth-order valence-corrected chi connectivity index (χ4v) is 3.59. The van der Waals surface area contributed by atoms with Gasteiger partial charge in [0.05, 0.1) is 4.90 Å². The Balaban J connectivity index is 3.20. The van der Waals surface area contributed by atoms with Crippen molar-refractivity contribution in [2.24, 2.45) is 0 Å². The van der Waals surface area contributed by atoms with Gasteiger partial charge < -0.3 is 5.32 Å². The molecule has 0 heterocycles. The average molecular weight is 312 g/mol. The quantitative estimate of drug-likeness (QED) is 0.842. The molecule has 0 saturated heterocycles. The van der Waals surface area contributed by atoms with Crippen molar-refractivity contribution < 1.29 is 8.42 Å². The van der Waals surface area contributed by atoms with Crippen LogP contribution in [0.5, 0.6) is 0 Å². The van der Waals surface area contributed by atoms with Crippen LogP contribution < -0.4 is 5.32 Å². The van der Waals surface area contributed by atoms with Crippen molar-refractivity contribution in [1.29, 1.82) is 0 Å². The maximum Gasteiger partial charge on any atom is 0.243 e. The number of rotatable bonds is 7. The zero-order valence-electron chi connectivity index (χ0n) is 14.0. The smallest absolute Gasteiger partial charge is 0.243 e. The van der Waals surface area contributed by atoms with Crippen LogP contribution in [-0.2, 0) is 16.6 Å². The third-order valence-corrected chi connectivity index (χ3v) is 6.33. The van der Waals surface area contributed by atoms with Crippen molar-refractivity contribution in [3.8, 4) is 0 Å². The van der Waals surface area contributed by atoms with Crippen molar-refractivity contribution >= 4 is 10.0 Å². The Morgan fingerprint density at radius 2 is 1.86 bits per heavy atom. The molecule has 0 aromatic heterocycles. The number of sulfonamides is 1. The first kappa shape index (κ1) is 18.1. The van der Waals surface area contributed by atoms with Gasteiger partial charge in [0.25, 0.3) is 0 Å².